The SMILES string of the molecule is CCc1n[nH]c(CC(C)C)n1. The van der Waals surface area contributed by atoms with Gasteiger partial charge in [0.25, 0.3) is 0 Å². The van der Waals surface area contributed by atoms with E-state index in [9.17, 15) is 0 Å². The summed E-state index contributed by atoms with van der Waals surface area (Å²) in [5.74, 6) is 2.57. The predicted molar refractivity (Wildman–Crippen MR) is 44.3 cm³/mol. The number of nitrogens with zero attached hydrogens (tertiary/aromatic N) is 2. The Morgan fingerprint density at radius 3 is 2.64 bits per heavy atom. The molecule has 3 heteroatoms. The third kappa shape index (κ3) is 2.33. The Morgan fingerprint density at radius 2 is 2.18 bits per heavy atom. The minimum atomic E-state index is 0.646. The van der Waals surface area contributed by atoms with Crippen molar-refractivity contribution in [1.29, 1.82) is 0 Å². The molecule has 0 unspecified atom stereocenters. The largest absolute Gasteiger partial charge is 0.263 e. The predicted octanol–water partition coefficient (Wildman–Crippen LogP) is 1.57. The highest BCUT2D eigenvalue weighted by atomic mass is 15.2. The molecule has 0 saturated carbocycles. The van der Waals surface area contributed by atoms with Crippen molar-refractivity contribution in [3.05, 3.63) is 11.6 Å². The van der Waals surface area contributed by atoms with Crippen LogP contribution in [0.25, 0.3) is 0 Å². The summed E-state index contributed by atoms with van der Waals surface area (Å²) in [5, 5.41) is 6.98. The fourth-order valence-corrected chi connectivity index (χ4v) is 0.971. The minimum absolute atomic E-state index is 0.646. The molecule has 1 aromatic rings. The van der Waals surface area contributed by atoms with Gasteiger partial charge in [0.2, 0.25) is 0 Å². The number of aryl methyl sites for hydroxylation is 1. The zero-order valence-corrected chi connectivity index (χ0v) is 7.39. The highest BCUT2D eigenvalue weighted by Crippen LogP contribution is 2.02. The summed E-state index contributed by atoms with van der Waals surface area (Å²) >= 11 is 0. The molecular formula is C8H15N3. The first-order chi connectivity index (χ1) is 5.22. The van der Waals surface area contributed by atoms with Crippen LogP contribution >= 0.6 is 0 Å². The fraction of sp³-hybridized carbons (Fsp3) is 0.750. The lowest BCUT2D eigenvalue weighted by Crippen LogP contribution is -1.96. The maximum absolute atomic E-state index is 4.30. The van der Waals surface area contributed by atoms with E-state index in [0.717, 1.165) is 24.5 Å². The van der Waals surface area contributed by atoms with Crippen LogP contribution in [-0.2, 0) is 12.8 Å². The summed E-state index contributed by atoms with van der Waals surface area (Å²) in [7, 11) is 0. The number of nitrogens with one attached hydrogen (secondary N) is 1. The topological polar surface area (TPSA) is 41.6 Å². The van der Waals surface area contributed by atoms with Crippen LogP contribution in [0.15, 0.2) is 0 Å². The van der Waals surface area contributed by atoms with Gasteiger partial charge in [-0.3, -0.25) is 5.10 Å². The maximum atomic E-state index is 4.30. The van der Waals surface area contributed by atoms with E-state index in [4.69, 9.17) is 0 Å². The van der Waals surface area contributed by atoms with E-state index in [1.165, 1.54) is 0 Å². The van der Waals surface area contributed by atoms with Crippen molar-refractivity contribution in [2.45, 2.75) is 33.6 Å². The molecule has 0 fully saturated rings. The highest BCUT2D eigenvalue weighted by Gasteiger charge is 2.02. The lowest BCUT2D eigenvalue weighted by Gasteiger charge is -1.97. The lowest BCUT2D eigenvalue weighted by molar-refractivity contribution is 0.622. The Hall–Kier alpha value is -0.860. The van der Waals surface area contributed by atoms with Gasteiger partial charge in [0.05, 0.1) is 0 Å². The second-order valence-corrected chi connectivity index (χ2v) is 3.15. The number of hydrogen-bond acceptors (Lipinski definition) is 2. The minimum Gasteiger partial charge on any atom is -0.263 e. The molecule has 62 valence electrons. The quantitative estimate of drug-likeness (QED) is 0.716. The summed E-state index contributed by atoms with van der Waals surface area (Å²) in [4.78, 5) is 4.30. The molecule has 1 aromatic heterocycles. The second-order valence-electron chi connectivity index (χ2n) is 3.15. The molecular weight excluding hydrogens is 138 g/mol. The molecule has 0 spiro atoms. The van der Waals surface area contributed by atoms with Crippen molar-refractivity contribution < 1.29 is 0 Å². The third-order valence-corrected chi connectivity index (χ3v) is 1.50. The average molecular weight is 153 g/mol. The van der Waals surface area contributed by atoms with Gasteiger partial charge in [0, 0.05) is 12.8 Å². The monoisotopic (exact) mass is 153 g/mol. The van der Waals surface area contributed by atoms with Gasteiger partial charge in [-0.25, -0.2) is 4.98 Å². The van der Waals surface area contributed by atoms with Crippen LogP contribution in [-0.4, -0.2) is 15.2 Å². The Morgan fingerprint density at radius 1 is 1.45 bits per heavy atom. The van der Waals surface area contributed by atoms with E-state index in [2.05, 4.69) is 36.0 Å². The Kier molecular flexibility index (Phi) is 2.63. The van der Waals surface area contributed by atoms with E-state index in [1.807, 2.05) is 0 Å². The van der Waals surface area contributed by atoms with Gasteiger partial charge in [-0.1, -0.05) is 20.8 Å². The molecule has 0 aliphatic rings. The van der Waals surface area contributed by atoms with E-state index in [1.54, 1.807) is 0 Å². The first-order valence-corrected chi connectivity index (χ1v) is 4.12. The molecule has 0 aliphatic heterocycles. The number of rotatable bonds is 3. The Bertz CT molecular complexity index is 215. The van der Waals surface area contributed by atoms with Crippen molar-refractivity contribution in [3.8, 4) is 0 Å². The number of aromatic amines is 1. The lowest BCUT2D eigenvalue weighted by atomic mass is 10.1. The van der Waals surface area contributed by atoms with Gasteiger partial charge < -0.3 is 0 Å². The molecule has 0 amide bonds. The van der Waals surface area contributed by atoms with Crippen LogP contribution in [0, 0.1) is 5.92 Å². The molecule has 3 nitrogen and oxygen atoms in total. The van der Waals surface area contributed by atoms with Crippen molar-refractivity contribution in [2.75, 3.05) is 0 Å². The second kappa shape index (κ2) is 3.51. The van der Waals surface area contributed by atoms with E-state index >= 15 is 0 Å². The Balaban J connectivity index is 2.58. The molecule has 0 atom stereocenters. The molecule has 0 bridgehead atoms. The van der Waals surface area contributed by atoms with E-state index < -0.39 is 0 Å². The summed E-state index contributed by atoms with van der Waals surface area (Å²) in [5.41, 5.74) is 0. The van der Waals surface area contributed by atoms with Crippen molar-refractivity contribution in [3.63, 3.8) is 0 Å². The smallest absolute Gasteiger partial charge is 0.150 e. The summed E-state index contributed by atoms with van der Waals surface area (Å²) in [6.07, 6.45) is 1.90. The van der Waals surface area contributed by atoms with Crippen LogP contribution in [0.3, 0.4) is 0 Å². The molecule has 0 aromatic carbocycles. The standard InChI is InChI=1S/C8H15N3/c1-4-7-9-8(11-10-7)5-6(2)3/h6H,4-5H2,1-3H3,(H,9,10,11). The number of aromatic nitrogens is 3. The van der Waals surface area contributed by atoms with Crippen molar-refractivity contribution in [2.24, 2.45) is 5.92 Å². The van der Waals surface area contributed by atoms with Crippen LogP contribution in [0.1, 0.15) is 32.4 Å². The molecule has 11 heavy (non-hydrogen) atoms. The van der Waals surface area contributed by atoms with Crippen LogP contribution in [0.2, 0.25) is 0 Å². The van der Waals surface area contributed by atoms with Gasteiger partial charge in [0.1, 0.15) is 11.6 Å². The number of H-pyrrole nitrogens is 1. The molecule has 1 heterocycles. The van der Waals surface area contributed by atoms with Gasteiger partial charge in [-0.2, -0.15) is 5.10 Å². The van der Waals surface area contributed by atoms with Gasteiger partial charge >= 0.3 is 0 Å². The summed E-state index contributed by atoms with van der Waals surface area (Å²) in [6.45, 7) is 6.41. The van der Waals surface area contributed by atoms with Gasteiger partial charge in [-0.05, 0) is 5.92 Å². The molecule has 1 rings (SSSR count). The molecule has 1 N–H and O–H groups in total. The Labute approximate surface area is 67.2 Å². The molecule has 0 radical (unpaired) electrons. The van der Waals surface area contributed by atoms with Crippen LogP contribution < -0.4 is 0 Å². The summed E-state index contributed by atoms with van der Waals surface area (Å²) in [6, 6.07) is 0. The normalized spacial score (nSPS) is 10.9. The molecule has 0 saturated heterocycles. The third-order valence-electron chi connectivity index (χ3n) is 1.50. The van der Waals surface area contributed by atoms with Crippen molar-refractivity contribution >= 4 is 0 Å². The fourth-order valence-electron chi connectivity index (χ4n) is 0.971. The zero-order valence-electron chi connectivity index (χ0n) is 7.39. The summed E-state index contributed by atoms with van der Waals surface area (Å²) < 4.78 is 0. The van der Waals surface area contributed by atoms with Crippen LogP contribution in [0.5, 0.6) is 0 Å². The number of hydrogen-bond donors (Lipinski definition) is 1. The average Bonchev–Trinajstić information content (AvgIpc) is 2.34. The zero-order chi connectivity index (χ0) is 8.27. The highest BCUT2D eigenvalue weighted by molar-refractivity contribution is 4.90. The van der Waals surface area contributed by atoms with E-state index in [-0.39, 0.29) is 0 Å². The van der Waals surface area contributed by atoms with Crippen LogP contribution in [0.4, 0.5) is 0 Å². The first-order valence-electron chi connectivity index (χ1n) is 4.12. The molecule has 0 aliphatic carbocycles. The van der Waals surface area contributed by atoms with Gasteiger partial charge in [-0.15, -0.1) is 0 Å². The van der Waals surface area contributed by atoms with E-state index in [0.29, 0.717) is 5.92 Å². The van der Waals surface area contributed by atoms with Crippen molar-refractivity contribution in [1.82, 2.24) is 15.2 Å². The maximum Gasteiger partial charge on any atom is 0.150 e. The van der Waals surface area contributed by atoms with Gasteiger partial charge in [0.15, 0.2) is 0 Å². The first kappa shape index (κ1) is 8.24.